The molecule has 2 rings (SSSR count). The fourth-order valence-corrected chi connectivity index (χ4v) is 1.86. The molecule has 0 spiro atoms. The van der Waals surface area contributed by atoms with E-state index in [2.05, 4.69) is 0 Å². The van der Waals surface area contributed by atoms with Crippen molar-refractivity contribution in [2.75, 3.05) is 0 Å². The van der Waals surface area contributed by atoms with Crippen molar-refractivity contribution in [2.45, 2.75) is 20.6 Å². The predicted octanol–water partition coefficient (Wildman–Crippen LogP) is 3.38. The lowest BCUT2D eigenvalue weighted by Gasteiger charge is -2.08. The van der Waals surface area contributed by atoms with Gasteiger partial charge in [0.15, 0.2) is 17.8 Å². The van der Waals surface area contributed by atoms with E-state index in [0.717, 1.165) is 18.3 Å². The Balaban J connectivity index is 2.87. The number of nitrogens with zero attached hydrogens (tertiary/aromatic N) is 1. The highest BCUT2D eigenvalue weighted by Crippen LogP contribution is 2.26. The number of benzene rings is 1. The summed E-state index contributed by atoms with van der Waals surface area (Å²) < 4.78 is 74.4. The average molecular weight is 254 g/mol. The highest BCUT2D eigenvalue weighted by atomic mass is 19.2. The molecule has 0 aliphatic heterocycles. The maximum Gasteiger partial charge on any atom is 0.215 e. The quantitative estimate of drug-likeness (QED) is 0.687. The molecule has 0 unspecified atom stereocenters. The van der Waals surface area contributed by atoms with Gasteiger partial charge in [0.05, 0.1) is 5.56 Å². The number of hydrogen-bond acceptors (Lipinski definition) is 0. The molecule has 1 nitrogen and oxygen atoms in total. The third kappa shape index (κ3) is 2.01. The first-order valence-electron chi connectivity index (χ1n) is 8.33. The number of aromatic nitrogens is 1. The van der Waals surface area contributed by atoms with E-state index in [9.17, 15) is 8.78 Å². The molecule has 0 bridgehead atoms. The van der Waals surface area contributed by atoms with Crippen LogP contribution in [0.25, 0.3) is 11.3 Å². The number of rotatable bonds is 1. The van der Waals surface area contributed by atoms with Gasteiger partial charge in [0.2, 0.25) is 5.69 Å². The summed E-state index contributed by atoms with van der Waals surface area (Å²) in [5.41, 5.74) is -0.354. The van der Waals surface area contributed by atoms with Crippen molar-refractivity contribution in [2.24, 2.45) is 7.05 Å². The first-order chi connectivity index (χ1) is 10.8. The van der Waals surface area contributed by atoms with Crippen LogP contribution in [0.3, 0.4) is 0 Å². The van der Waals surface area contributed by atoms with Crippen molar-refractivity contribution in [3.8, 4) is 11.3 Å². The standard InChI is InChI=1S/C15H16F2N/c1-9-5-6-12(16)15(17)14(9)13-7-10(2)11(3)8-18(13)4/h5-8H,1-4H3/q+1/i2D3,3D3. The van der Waals surface area contributed by atoms with Crippen molar-refractivity contribution in [1.82, 2.24) is 0 Å². The van der Waals surface area contributed by atoms with Gasteiger partial charge in [-0.15, -0.1) is 0 Å². The molecule has 18 heavy (non-hydrogen) atoms. The molecule has 0 fully saturated rings. The Kier molecular flexibility index (Phi) is 1.74. The van der Waals surface area contributed by atoms with Crippen LogP contribution in [0.5, 0.6) is 0 Å². The van der Waals surface area contributed by atoms with E-state index in [0.29, 0.717) is 5.56 Å². The summed E-state index contributed by atoms with van der Waals surface area (Å²) in [6, 6.07) is 3.45. The van der Waals surface area contributed by atoms with Crippen LogP contribution >= 0.6 is 0 Å². The Morgan fingerprint density at radius 2 is 1.83 bits per heavy atom. The summed E-state index contributed by atoms with van der Waals surface area (Å²) in [4.78, 5) is 0. The molecule has 2 aromatic rings. The molecule has 0 radical (unpaired) electrons. The SMILES string of the molecule is [2H]C([2H])([2H])c1cc(-c2c(C)ccc(F)c2F)[n+](C)cc1C([2H])([2H])[2H]. The maximum absolute atomic E-state index is 14.3. The van der Waals surface area contributed by atoms with Crippen LogP contribution in [0.4, 0.5) is 8.78 Å². The Hall–Kier alpha value is -1.77. The fraction of sp³-hybridized carbons (Fsp3) is 0.267. The summed E-state index contributed by atoms with van der Waals surface area (Å²) in [7, 11) is 1.46. The summed E-state index contributed by atoms with van der Waals surface area (Å²) in [5, 5.41) is 0. The Labute approximate surface area is 114 Å². The van der Waals surface area contributed by atoms with E-state index in [4.69, 9.17) is 8.22 Å². The lowest BCUT2D eigenvalue weighted by Crippen LogP contribution is -2.32. The summed E-state index contributed by atoms with van der Waals surface area (Å²) in [6.45, 7) is -3.79. The third-order valence-electron chi connectivity index (χ3n) is 2.83. The van der Waals surface area contributed by atoms with Gasteiger partial charge in [-0.25, -0.2) is 13.3 Å². The van der Waals surface area contributed by atoms with Crippen LogP contribution in [0.1, 0.15) is 24.9 Å². The molecule has 1 aromatic carbocycles. The molecule has 0 N–H and O–H groups in total. The van der Waals surface area contributed by atoms with E-state index in [1.54, 1.807) is 6.92 Å². The van der Waals surface area contributed by atoms with Gasteiger partial charge in [0, 0.05) is 19.9 Å². The second-order valence-electron chi connectivity index (χ2n) is 4.15. The first-order valence-corrected chi connectivity index (χ1v) is 5.33. The Morgan fingerprint density at radius 3 is 2.50 bits per heavy atom. The van der Waals surface area contributed by atoms with Crippen molar-refractivity contribution in [1.29, 1.82) is 0 Å². The van der Waals surface area contributed by atoms with Gasteiger partial charge in [-0.3, -0.25) is 0 Å². The van der Waals surface area contributed by atoms with Crippen LogP contribution in [-0.2, 0) is 7.05 Å². The summed E-state index contributed by atoms with van der Waals surface area (Å²) >= 11 is 0. The van der Waals surface area contributed by atoms with Gasteiger partial charge < -0.3 is 0 Å². The van der Waals surface area contributed by atoms with Gasteiger partial charge in [-0.2, -0.15) is 0 Å². The van der Waals surface area contributed by atoms with Crippen molar-refractivity contribution >= 4 is 0 Å². The molecule has 3 heteroatoms. The molecule has 0 atom stereocenters. The van der Waals surface area contributed by atoms with Crippen LogP contribution in [0.15, 0.2) is 24.4 Å². The van der Waals surface area contributed by atoms with Gasteiger partial charge in [0.25, 0.3) is 0 Å². The molecule has 0 saturated heterocycles. The van der Waals surface area contributed by atoms with E-state index in [1.807, 2.05) is 0 Å². The monoisotopic (exact) mass is 254 g/mol. The van der Waals surface area contributed by atoms with E-state index < -0.39 is 30.9 Å². The minimum Gasteiger partial charge on any atom is -0.204 e. The van der Waals surface area contributed by atoms with Gasteiger partial charge in [-0.05, 0) is 37.8 Å². The zero-order valence-electron chi connectivity index (χ0n) is 16.0. The number of halogens is 2. The predicted molar refractivity (Wildman–Crippen MR) is 67.2 cm³/mol. The normalized spacial score (nSPS) is 17.1. The van der Waals surface area contributed by atoms with Gasteiger partial charge in [0.1, 0.15) is 7.05 Å². The van der Waals surface area contributed by atoms with Crippen molar-refractivity contribution < 1.29 is 21.6 Å². The highest BCUT2D eigenvalue weighted by Gasteiger charge is 2.21. The number of aryl methyl sites for hydroxylation is 4. The van der Waals surface area contributed by atoms with Gasteiger partial charge in [-0.1, -0.05) is 6.07 Å². The molecule has 0 amide bonds. The molecule has 0 aliphatic carbocycles. The number of pyridine rings is 1. The second kappa shape index (κ2) is 4.48. The van der Waals surface area contributed by atoms with Crippen LogP contribution < -0.4 is 4.57 Å². The smallest absolute Gasteiger partial charge is 0.204 e. The zero-order chi connectivity index (χ0) is 18.4. The molecule has 0 aliphatic rings. The lowest BCUT2D eigenvalue weighted by molar-refractivity contribution is -0.660. The summed E-state index contributed by atoms with van der Waals surface area (Å²) in [6.07, 6.45) is 1.13. The van der Waals surface area contributed by atoms with E-state index >= 15 is 0 Å². The third-order valence-corrected chi connectivity index (χ3v) is 2.83. The van der Waals surface area contributed by atoms with Crippen LogP contribution in [0, 0.1) is 32.3 Å². The largest absolute Gasteiger partial charge is 0.215 e. The van der Waals surface area contributed by atoms with Crippen molar-refractivity contribution in [3.05, 3.63) is 52.7 Å². The van der Waals surface area contributed by atoms with Gasteiger partial charge >= 0.3 is 0 Å². The lowest BCUT2D eigenvalue weighted by atomic mass is 10.0. The molecule has 0 saturated carbocycles. The van der Waals surface area contributed by atoms with Crippen molar-refractivity contribution in [3.63, 3.8) is 0 Å². The van der Waals surface area contributed by atoms with E-state index in [1.165, 1.54) is 17.7 Å². The molecular formula is C15H16F2N+. The summed E-state index contributed by atoms with van der Waals surface area (Å²) in [5.74, 6) is -2.17. The average Bonchev–Trinajstić information content (AvgIpc) is 2.42. The molecule has 94 valence electrons. The molecule has 1 heterocycles. The minimum atomic E-state index is -2.70. The van der Waals surface area contributed by atoms with Crippen LogP contribution in [-0.4, -0.2) is 0 Å². The molecule has 1 aromatic heterocycles. The first kappa shape index (κ1) is 6.98. The Bertz CT molecular complexity index is 796. The topological polar surface area (TPSA) is 3.88 Å². The second-order valence-corrected chi connectivity index (χ2v) is 4.15. The number of hydrogen-bond donors (Lipinski definition) is 0. The molecular weight excluding hydrogens is 232 g/mol. The fourth-order valence-electron chi connectivity index (χ4n) is 1.86. The minimum absolute atomic E-state index is 0.0867. The zero-order valence-corrected chi connectivity index (χ0v) is 10.0. The highest BCUT2D eigenvalue weighted by molar-refractivity contribution is 5.62. The van der Waals surface area contributed by atoms with Crippen LogP contribution in [0.2, 0.25) is 0 Å². The maximum atomic E-state index is 14.3. The Morgan fingerprint density at radius 1 is 1.11 bits per heavy atom. The van der Waals surface area contributed by atoms with E-state index in [-0.39, 0.29) is 16.8 Å².